The number of nitrogens with two attached hydrogens (primary N) is 1. The van der Waals surface area contributed by atoms with E-state index in [2.05, 4.69) is 34.7 Å². The van der Waals surface area contributed by atoms with Crippen LogP contribution in [-0.4, -0.2) is 4.98 Å². The van der Waals surface area contributed by atoms with Crippen molar-refractivity contribution in [2.45, 2.75) is 31.7 Å². The van der Waals surface area contributed by atoms with E-state index in [9.17, 15) is 0 Å². The van der Waals surface area contributed by atoms with Crippen LogP contribution in [0.3, 0.4) is 0 Å². The summed E-state index contributed by atoms with van der Waals surface area (Å²) < 4.78 is 0. The van der Waals surface area contributed by atoms with Crippen molar-refractivity contribution >= 4 is 0 Å². The van der Waals surface area contributed by atoms with Gasteiger partial charge in [0.2, 0.25) is 0 Å². The monoisotopic (exact) mass is 253 g/mol. The predicted molar refractivity (Wildman–Crippen MR) is 76.5 cm³/mol. The Labute approximate surface area is 113 Å². The molecule has 1 aromatic heterocycles. The Hall–Kier alpha value is -1.71. The number of hydrogen-bond acceptors (Lipinski definition) is 3. The van der Waals surface area contributed by atoms with Gasteiger partial charge < -0.3 is 0 Å². The van der Waals surface area contributed by atoms with E-state index in [0.717, 1.165) is 6.42 Å². The summed E-state index contributed by atoms with van der Waals surface area (Å²) in [6.07, 6.45) is 8.26. The molecular formula is C16H19N3. The van der Waals surface area contributed by atoms with E-state index in [1.54, 1.807) is 6.20 Å². The maximum Gasteiger partial charge on any atom is 0.0500 e. The van der Waals surface area contributed by atoms with Gasteiger partial charge in [0.25, 0.3) is 0 Å². The molecule has 0 saturated heterocycles. The van der Waals surface area contributed by atoms with Gasteiger partial charge >= 0.3 is 0 Å². The van der Waals surface area contributed by atoms with Crippen LogP contribution in [0.1, 0.15) is 34.7 Å². The molecular weight excluding hydrogens is 234 g/mol. The average Bonchev–Trinajstić information content (AvgIpc) is 2.93. The Morgan fingerprint density at radius 1 is 1.21 bits per heavy atom. The molecule has 1 aliphatic rings. The minimum Gasteiger partial charge on any atom is -0.271 e. The topological polar surface area (TPSA) is 50.9 Å². The molecule has 0 amide bonds. The molecule has 3 rings (SSSR count). The van der Waals surface area contributed by atoms with Gasteiger partial charge in [0.15, 0.2) is 0 Å². The quantitative estimate of drug-likeness (QED) is 0.649. The molecule has 2 aromatic rings. The van der Waals surface area contributed by atoms with Crippen LogP contribution in [0.25, 0.3) is 0 Å². The molecule has 1 aromatic carbocycles. The number of nitrogens with zero attached hydrogens (tertiary/aromatic N) is 1. The Morgan fingerprint density at radius 2 is 2.11 bits per heavy atom. The highest BCUT2D eigenvalue weighted by Gasteiger charge is 2.15. The van der Waals surface area contributed by atoms with Gasteiger partial charge in [-0.3, -0.25) is 16.3 Å². The first-order valence-corrected chi connectivity index (χ1v) is 6.83. The third kappa shape index (κ3) is 2.67. The van der Waals surface area contributed by atoms with Crippen molar-refractivity contribution in [1.29, 1.82) is 0 Å². The number of aryl methyl sites for hydroxylation is 2. The van der Waals surface area contributed by atoms with Crippen molar-refractivity contribution in [3.63, 3.8) is 0 Å². The van der Waals surface area contributed by atoms with Gasteiger partial charge in [0.1, 0.15) is 0 Å². The number of hydrogen-bond donors (Lipinski definition) is 2. The molecule has 0 aliphatic heterocycles. The fourth-order valence-electron chi connectivity index (χ4n) is 2.84. The molecule has 3 N–H and O–H groups in total. The summed E-state index contributed by atoms with van der Waals surface area (Å²) >= 11 is 0. The summed E-state index contributed by atoms with van der Waals surface area (Å²) in [5, 5.41) is 0. The molecule has 0 spiro atoms. The first-order valence-electron chi connectivity index (χ1n) is 6.83. The third-order valence-corrected chi connectivity index (χ3v) is 3.89. The zero-order valence-electron chi connectivity index (χ0n) is 11.0. The predicted octanol–water partition coefficient (Wildman–Crippen LogP) is 2.32. The van der Waals surface area contributed by atoms with Gasteiger partial charge in [-0.05, 0) is 54.0 Å². The van der Waals surface area contributed by atoms with Crippen molar-refractivity contribution in [3.8, 4) is 0 Å². The zero-order valence-corrected chi connectivity index (χ0v) is 11.0. The number of rotatable bonds is 4. The lowest BCUT2D eigenvalue weighted by Gasteiger charge is -2.17. The summed E-state index contributed by atoms with van der Waals surface area (Å²) in [7, 11) is 0. The fraction of sp³-hybridized carbons (Fsp3) is 0.312. The fourth-order valence-corrected chi connectivity index (χ4v) is 2.84. The molecule has 0 saturated carbocycles. The van der Waals surface area contributed by atoms with Crippen molar-refractivity contribution in [2.24, 2.45) is 5.84 Å². The highest BCUT2D eigenvalue weighted by Crippen LogP contribution is 2.26. The number of nitrogens with one attached hydrogen (secondary N) is 1. The van der Waals surface area contributed by atoms with E-state index in [1.807, 2.05) is 12.3 Å². The lowest BCUT2D eigenvalue weighted by atomic mass is 9.97. The van der Waals surface area contributed by atoms with Gasteiger partial charge in [-0.15, -0.1) is 0 Å². The van der Waals surface area contributed by atoms with E-state index in [0.29, 0.717) is 0 Å². The summed E-state index contributed by atoms with van der Waals surface area (Å²) in [5.41, 5.74) is 8.39. The molecule has 0 radical (unpaired) electrons. The van der Waals surface area contributed by atoms with Crippen molar-refractivity contribution in [1.82, 2.24) is 10.4 Å². The smallest absolute Gasteiger partial charge is 0.0500 e. The van der Waals surface area contributed by atoms with Crippen LogP contribution in [0.15, 0.2) is 42.7 Å². The van der Waals surface area contributed by atoms with Crippen molar-refractivity contribution in [2.75, 3.05) is 0 Å². The Balaban J connectivity index is 1.82. The molecule has 1 heterocycles. The molecule has 1 unspecified atom stereocenters. The molecule has 3 heteroatoms. The van der Waals surface area contributed by atoms with E-state index >= 15 is 0 Å². The highest BCUT2D eigenvalue weighted by atomic mass is 15.2. The first kappa shape index (κ1) is 12.3. The van der Waals surface area contributed by atoms with Gasteiger partial charge in [-0.2, -0.15) is 0 Å². The van der Waals surface area contributed by atoms with Crippen molar-refractivity contribution < 1.29 is 0 Å². The molecule has 1 aliphatic carbocycles. The highest BCUT2D eigenvalue weighted by molar-refractivity contribution is 5.37. The van der Waals surface area contributed by atoms with Gasteiger partial charge in [0.05, 0.1) is 6.04 Å². The van der Waals surface area contributed by atoms with E-state index < -0.39 is 0 Å². The Kier molecular flexibility index (Phi) is 3.58. The van der Waals surface area contributed by atoms with E-state index in [-0.39, 0.29) is 6.04 Å². The lowest BCUT2D eigenvalue weighted by molar-refractivity contribution is 0.551. The van der Waals surface area contributed by atoms with Crippen molar-refractivity contribution in [3.05, 3.63) is 65.0 Å². The van der Waals surface area contributed by atoms with Gasteiger partial charge in [-0.1, -0.05) is 24.3 Å². The van der Waals surface area contributed by atoms with Crippen LogP contribution in [0, 0.1) is 0 Å². The molecule has 0 fully saturated rings. The van der Waals surface area contributed by atoms with Crippen LogP contribution in [0.2, 0.25) is 0 Å². The van der Waals surface area contributed by atoms with Crippen LogP contribution in [0.4, 0.5) is 0 Å². The first-order chi connectivity index (χ1) is 9.36. The number of hydrazine groups is 1. The molecule has 1 atom stereocenters. The van der Waals surface area contributed by atoms with E-state index in [1.165, 1.54) is 41.5 Å². The number of benzene rings is 1. The minimum absolute atomic E-state index is 0.148. The molecule has 19 heavy (non-hydrogen) atoms. The standard InChI is InChI=1S/C16H19N3/c17-19-16(9-12-3-2-8-18-11-12)15-7-6-13-4-1-5-14(13)10-15/h2-3,6-8,10-11,16,19H,1,4-5,9,17H2. The second-order valence-electron chi connectivity index (χ2n) is 5.17. The second kappa shape index (κ2) is 5.51. The maximum atomic E-state index is 5.73. The Morgan fingerprint density at radius 3 is 2.89 bits per heavy atom. The zero-order chi connectivity index (χ0) is 13.1. The van der Waals surface area contributed by atoms with Gasteiger partial charge in [0, 0.05) is 12.4 Å². The second-order valence-corrected chi connectivity index (χ2v) is 5.17. The largest absolute Gasteiger partial charge is 0.271 e. The average molecular weight is 253 g/mol. The van der Waals surface area contributed by atoms with Gasteiger partial charge in [-0.25, -0.2) is 0 Å². The van der Waals surface area contributed by atoms with Crippen LogP contribution in [-0.2, 0) is 19.3 Å². The minimum atomic E-state index is 0.148. The number of aromatic nitrogens is 1. The summed E-state index contributed by atoms with van der Waals surface area (Å²) in [6, 6.07) is 11.0. The van der Waals surface area contributed by atoms with Crippen LogP contribution >= 0.6 is 0 Å². The number of pyridine rings is 1. The molecule has 98 valence electrons. The van der Waals surface area contributed by atoms with Crippen LogP contribution < -0.4 is 11.3 Å². The van der Waals surface area contributed by atoms with E-state index in [4.69, 9.17) is 5.84 Å². The summed E-state index contributed by atoms with van der Waals surface area (Å²) in [6.45, 7) is 0. The Bertz CT molecular complexity index is 551. The SMILES string of the molecule is NNC(Cc1cccnc1)c1ccc2c(c1)CCC2. The summed E-state index contributed by atoms with van der Waals surface area (Å²) in [5.74, 6) is 5.73. The van der Waals surface area contributed by atoms with Crippen LogP contribution in [0.5, 0.6) is 0 Å². The summed E-state index contributed by atoms with van der Waals surface area (Å²) in [4.78, 5) is 4.15. The molecule has 3 nitrogen and oxygen atoms in total. The molecule has 0 bridgehead atoms. The third-order valence-electron chi connectivity index (χ3n) is 3.89. The number of fused-ring (bicyclic) bond motifs is 1. The normalized spacial score (nSPS) is 15.2. The maximum absolute atomic E-state index is 5.73. The lowest BCUT2D eigenvalue weighted by Crippen LogP contribution is -2.29.